The Morgan fingerprint density at radius 1 is 0.917 bits per heavy atom. The number of amides is 2. The monoisotopic (exact) mass is 478 g/mol. The molecule has 2 heterocycles. The van der Waals surface area contributed by atoms with E-state index in [9.17, 15) is 9.59 Å². The summed E-state index contributed by atoms with van der Waals surface area (Å²) in [6.07, 6.45) is 8.50. The van der Waals surface area contributed by atoms with Gasteiger partial charge in [0.15, 0.2) is 0 Å². The van der Waals surface area contributed by atoms with Gasteiger partial charge in [-0.25, -0.2) is 4.98 Å². The van der Waals surface area contributed by atoms with Crippen molar-refractivity contribution in [1.82, 2.24) is 9.55 Å². The summed E-state index contributed by atoms with van der Waals surface area (Å²) in [5.74, 6) is 0.703. The molecule has 4 aromatic rings. The highest BCUT2D eigenvalue weighted by atomic mass is 16.2. The van der Waals surface area contributed by atoms with Gasteiger partial charge < -0.3 is 14.8 Å². The number of carbonyl (C=O) groups is 2. The van der Waals surface area contributed by atoms with E-state index in [-0.39, 0.29) is 11.8 Å². The van der Waals surface area contributed by atoms with E-state index in [4.69, 9.17) is 0 Å². The van der Waals surface area contributed by atoms with Crippen LogP contribution in [-0.2, 0) is 12.8 Å². The Morgan fingerprint density at radius 2 is 1.67 bits per heavy atom. The maximum absolute atomic E-state index is 13.4. The highest BCUT2D eigenvalue weighted by Gasteiger charge is 2.22. The number of hydrogen-bond donors (Lipinski definition) is 1. The minimum Gasteiger partial charge on any atom is -0.322 e. The van der Waals surface area contributed by atoms with E-state index in [2.05, 4.69) is 23.3 Å². The van der Waals surface area contributed by atoms with Crippen molar-refractivity contribution in [3.8, 4) is 5.69 Å². The predicted octanol–water partition coefficient (Wildman–Crippen LogP) is 6.06. The van der Waals surface area contributed by atoms with Gasteiger partial charge in [0.2, 0.25) is 0 Å². The Kier molecular flexibility index (Phi) is 6.94. The van der Waals surface area contributed by atoms with Crippen LogP contribution in [0.25, 0.3) is 5.69 Å². The molecule has 0 aliphatic carbocycles. The number of fused-ring (bicyclic) bond motifs is 1. The van der Waals surface area contributed by atoms with Crippen molar-refractivity contribution >= 4 is 23.2 Å². The topological polar surface area (TPSA) is 67.2 Å². The smallest absolute Gasteiger partial charge is 0.258 e. The third-order valence-corrected chi connectivity index (χ3v) is 6.59. The SMILES string of the molecule is CCCc1nccn1-c1ccccc1C(=O)Nc1ccc(C(=O)N2CCCCc3ccccc32)cc1. The Bertz CT molecular complexity index is 1370. The minimum atomic E-state index is -0.206. The largest absolute Gasteiger partial charge is 0.322 e. The Morgan fingerprint density at radius 3 is 2.47 bits per heavy atom. The van der Waals surface area contributed by atoms with Crippen LogP contribution >= 0.6 is 0 Å². The molecule has 0 bridgehead atoms. The van der Waals surface area contributed by atoms with Crippen molar-refractivity contribution in [3.05, 3.63) is 108 Å². The summed E-state index contributed by atoms with van der Waals surface area (Å²) >= 11 is 0. The Hall–Kier alpha value is -4.19. The van der Waals surface area contributed by atoms with Crippen LogP contribution in [0.1, 0.15) is 58.3 Å². The highest BCUT2D eigenvalue weighted by Crippen LogP contribution is 2.28. The quantitative estimate of drug-likeness (QED) is 0.366. The van der Waals surface area contributed by atoms with E-state index in [1.165, 1.54) is 5.56 Å². The number of anilines is 2. The first kappa shape index (κ1) is 23.5. The first-order valence-electron chi connectivity index (χ1n) is 12.6. The number of hydrogen-bond acceptors (Lipinski definition) is 3. The molecule has 0 fully saturated rings. The van der Waals surface area contributed by atoms with Crippen LogP contribution in [0.2, 0.25) is 0 Å². The molecule has 3 aromatic carbocycles. The van der Waals surface area contributed by atoms with Crippen LogP contribution in [0.15, 0.2) is 85.2 Å². The number of benzene rings is 3. The molecule has 6 heteroatoms. The van der Waals surface area contributed by atoms with Gasteiger partial charge >= 0.3 is 0 Å². The van der Waals surface area contributed by atoms with E-state index < -0.39 is 0 Å². The van der Waals surface area contributed by atoms with Crippen LogP contribution in [0.3, 0.4) is 0 Å². The van der Waals surface area contributed by atoms with E-state index in [1.54, 1.807) is 30.5 Å². The fourth-order valence-corrected chi connectivity index (χ4v) is 4.79. The number of aryl methyl sites for hydroxylation is 2. The molecule has 1 aliphatic rings. The van der Waals surface area contributed by atoms with Gasteiger partial charge in [-0.15, -0.1) is 0 Å². The van der Waals surface area contributed by atoms with Crippen molar-refractivity contribution in [2.24, 2.45) is 0 Å². The fourth-order valence-electron chi connectivity index (χ4n) is 4.79. The van der Waals surface area contributed by atoms with E-state index in [1.807, 2.05) is 58.1 Å². The second-order valence-corrected chi connectivity index (χ2v) is 9.05. The summed E-state index contributed by atoms with van der Waals surface area (Å²) in [6, 6.07) is 22.8. The van der Waals surface area contributed by atoms with E-state index in [0.717, 1.165) is 49.3 Å². The van der Waals surface area contributed by atoms with Crippen molar-refractivity contribution in [1.29, 1.82) is 0 Å². The van der Waals surface area contributed by atoms with Crippen molar-refractivity contribution in [2.45, 2.75) is 39.0 Å². The number of imidazole rings is 1. The molecule has 0 atom stereocenters. The lowest BCUT2D eigenvalue weighted by Crippen LogP contribution is -2.31. The third-order valence-electron chi connectivity index (χ3n) is 6.59. The van der Waals surface area contributed by atoms with Gasteiger partial charge in [-0.05, 0) is 73.7 Å². The summed E-state index contributed by atoms with van der Waals surface area (Å²) in [5.41, 5.74) is 4.81. The second kappa shape index (κ2) is 10.6. The molecular formula is C30H30N4O2. The number of para-hydroxylation sites is 2. The summed E-state index contributed by atoms with van der Waals surface area (Å²) in [6.45, 7) is 2.82. The van der Waals surface area contributed by atoms with Gasteiger partial charge in [0.25, 0.3) is 11.8 Å². The van der Waals surface area contributed by atoms with Crippen molar-refractivity contribution in [2.75, 3.05) is 16.8 Å². The van der Waals surface area contributed by atoms with Crippen molar-refractivity contribution < 1.29 is 9.59 Å². The third kappa shape index (κ3) is 4.80. The fraction of sp³-hybridized carbons (Fsp3) is 0.233. The summed E-state index contributed by atoms with van der Waals surface area (Å²) < 4.78 is 1.97. The molecule has 182 valence electrons. The Labute approximate surface area is 211 Å². The summed E-state index contributed by atoms with van der Waals surface area (Å²) in [5, 5.41) is 2.99. The van der Waals surface area contributed by atoms with Gasteiger partial charge in [-0.1, -0.05) is 37.3 Å². The zero-order valence-electron chi connectivity index (χ0n) is 20.5. The van der Waals surface area contributed by atoms with E-state index >= 15 is 0 Å². The Balaban J connectivity index is 1.34. The minimum absolute atomic E-state index is 0.0175. The molecule has 0 unspecified atom stereocenters. The van der Waals surface area contributed by atoms with E-state index in [0.29, 0.717) is 23.4 Å². The van der Waals surface area contributed by atoms with Gasteiger partial charge in [0.1, 0.15) is 5.82 Å². The van der Waals surface area contributed by atoms with Gasteiger partial charge in [0.05, 0.1) is 11.3 Å². The second-order valence-electron chi connectivity index (χ2n) is 9.05. The number of aromatic nitrogens is 2. The van der Waals surface area contributed by atoms with Gasteiger partial charge in [-0.2, -0.15) is 0 Å². The number of carbonyl (C=O) groups excluding carboxylic acids is 2. The van der Waals surface area contributed by atoms with Crippen LogP contribution in [0.4, 0.5) is 11.4 Å². The van der Waals surface area contributed by atoms with Gasteiger partial charge in [-0.3, -0.25) is 9.59 Å². The maximum atomic E-state index is 13.4. The summed E-state index contributed by atoms with van der Waals surface area (Å²) in [4.78, 5) is 32.9. The van der Waals surface area contributed by atoms with Crippen LogP contribution in [-0.4, -0.2) is 27.9 Å². The van der Waals surface area contributed by atoms with Gasteiger partial charge in [0, 0.05) is 42.3 Å². The van der Waals surface area contributed by atoms with Crippen LogP contribution in [0, 0.1) is 0 Å². The normalized spacial score (nSPS) is 13.1. The molecule has 1 aliphatic heterocycles. The lowest BCUT2D eigenvalue weighted by molar-refractivity contribution is 0.0985. The first-order valence-corrected chi connectivity index (χ1v) is 12.6. The molecule has 6 nitrogen and oxygen atoms in total. The molecule has 1 aromatic heterocycles. The molecule has 0 spiro atoms. The first-order chi connectivity index (χ1) is 17.7. The molecule has 0 saturated carbocycles. The molecule has 0 saturated heterocycles. The number of rotatable bonds is 6. The molecule has 36 heavy (non-hydrogen) atoms. The number of nitrogens with one attached hydrogen (secondary N) is 1. The van der Waals surface area contributed by atoms with Crippen molar-refractivity contribution in [3.63, 3.8) is 0 Å². The molecule has 5 rings (SSSR count). The zero-order chi connectivity index (χ0) is 24.9. The molecule has 0 radical (unpaired) electrons. The average molecular weight is 479 g/mol. The molecule has 2 amide bonds. The van der Waals surface area contributed by atoms with Crippen LogP contribution in [0.5, 0.6) is 0 Å². The lowest BCUT2D eigenvalue weighted by Gasteiger charge is -2.23. The average Bonchev–Trinajstić information content (AvgIpc) is 3.26. The molecular weight excluding hydrogens is 448 g/mol. The lowest BCUT2D eigenvalue weighted by atomic mass is 10.1. The summed E-state index contributed by atoms with van der Waals surface area (Å²) in [7, 11) is 0. The highest BCUT2D eigenvalue weighted by molar-refractivity contribution is 6.08. The molecule has 1 N–H and O–H groups in total. The van der Waals surface area contributed by atoms with Crippen LogP contribution < -0.4 is 10.2 Å². The maximum Gasteiger partial charge on any atom is 0.258 e. The standard InChI is InChI=1S/C30H30N4O2/c1-2-9-28-31-19-21-33(28)27-14-6-4-12-25(27)29(35)32-24-17-15-23(16-18-24)30(36)34-20-8-7-11-22-10-3-5-13-26(22)34/h3-6,10,12-19,21H,2,7-9,11,20H2,1H3,(H,32,35). The number of nitrogens with zero attached hydrogens (tertiary/aromatic N) is 3. The zero-order valence-corrected chi connectivity index (χ0v) is 20.5. The predicted molar refractivity (Wildman–Crippen MR) is 143 cm³/mol.